The Morgan fingerprint density at radius 2 is 1.76 bits per heavy atom. The van der Waals surface area contributed by atoms with Crippen molar-refractivity contribution in [3.05, 3.63) is 29.6 Å². The van der Waals surface area contributed by atoms with E-state index in [1.165, 1.54) is 12.3 Å². The fraction of sp³-hybridized carbons (Fsp3) is 0.700. The lowest BCUT2D eigenvalue weighted by Gasteiger charge is -2.46. The molecule has 2 aliphatic heterocycles. The molecule has 3 rings (SSSR count). The second-order valence-corrected chi connectivity index (χ2v) is 8.15. The second-order valence-electron chi connectivity index (χ2n) is 8.15. The molecule has 9 heteroatoms. The van der Waals surface area contributed by atoms with Crippen LogP contribution in [0, 0.1) is 0 Å². The zero-order chi connectivity index (χ0) is 21.1. The minimum Gasteiger partial charge on any atom is -0.344 e. The van der Waals surface area contributed by atoms with Crippen molar-refractivity contribution in [3.8, 4) is 0 Å². The van der Waals surface area contributed by atoms with Crippen LogP contribution in [0.4, 0.5) is 13.2 Å². The van der Waals surface area contributed by atoms with Gasteiger partial charge in [-0.2, -0.15) is 13.2 Å². The fourth-order valence-electron chi connectivity index (χ4n) is 4.18. The first kappa shape index (κ1) is 22.0. The largest absolute Gasteiger partial charge is 0.418 e. The lowest BCUT2D eigenvalue weighted by Crippen LogP contribution is -2.62. The summed E-state index contributed by atoms with van der Waals surface area (Å²) in [4.78, 5) is 23.5. The Kier molecular flexibility index (Phi) is 6.80. The van der Waals surface area contributed by atoms with Crippen molar-refractivity contribution < 1.29 is 18.0 Å². The molecular weight excluding hydrogens is 383 g/mol. The van der Waals surface area contributed by atoms with Gasteiger partial charge in [0.15, 0.2) is 0 Å². The molecule has 0 bridgehead atoms. The number of hydrogen-bond acceptors (Lipinski definition) is 5. The van der Waals surface area contributed by atoms with E-state index >= 15 is 0 Å². The fourth-order valence-corrected chi connectivity index (χ4v) is 4.18. The molecular formula is C20H30F3N5O. The first-order chi connectivity index (χ1) is 13.7. The Hall–Kier alpha value is -1.71. The van der Waals surface area contributed by atoms with Crippen LogP contribution in [0.5, 0.6) is 0 Å². The van der Waals surface area contributed by atoms with Gasteiger partial charge < -0.3 is 15.1 Å². The molecule has 6 nitrogen and oxygen atoms in total. The molecule has 0 spiro atoms. The number of hydrogen-bond donors (Lipinski definition) is 1. The smallest absolute Gasteiger partial charge is 0.344 e. The van der Waals surface area contributed by atoms with Gasteiger partial charge in [-0.1, -0.05) is 6.92 Å². The molecule has 2 saturated heterocycles. The van der Waals surface area contributed by atoms with Crippen LogP contribution < -0.4 is 5.32 Å². The van der Waals surface area contributed by atoms with E-state index < -0.39 is 28.9 Å². The van der Waals surface area contributed by atoms with Crippen LogP contribution in [0.1, 0.15) is 35.8 Å². The molecule has 0 aliphatic carbocycles. The highest BCUT2D eigenvalue weighted by atomic mass is 19.4. The molecule has 29 heavy (non-hydrogen) atoms. The van der Waals surface area contributed by atoms with E-state index in [1.54, 1.807) is 0 Å². The number of halogens is 3. The summed E-state index contributed by atoms with van der Waals surface area (Å²) in [5, 5.41) is 2.97. The highest BCUT2D eigenvalue weighted by molar-refractivity contribution is 5.94. The number of likely N-dealkylation sites (tertiary alicyclic amines) is 1. The quantitative estimate of drug-likeness (QED) is 0.800. The normalized spacial score (nSPS) is 21.8. The number of carbonyl (C=O) groups is 1. The van der Waals surface area contributed by atoms with Crippen molar-refractivity contribution in [2.75, 3.05) is 59.4 Å². The van der Waals surface area contributed by atoms with Crippen LogP contribution >= 0.6 is 0 Å². The summed E-state index contributed by atoms with van der Waals surface area (Å²) in [6.45, 7) is 9.14. The number of pyridine rings is 1. The molecule has 1 N–H and O–H groups in total. The zero-order valence-corrected chi connectivity index (χ0v) is 17.1. The number of nitrogens with zero attached hydrogens (tertiary/aromatic N) is 4. The molecule has 162 valence electrons. The van der Waals surface area contributed by atoms with Crippen LogP contribution in [0.3, 0.4) is 0 Å². The molecule has 1 aromatic rings. The topological polar surface area (TPSA) is 51.7 Å². The van der Waals surface area contributed by atoms with E-state index in [-0.39, 0.29) is 0 Å². The number of piperazine rings is 1. The number of piperidine rings is 1. The number of rotatable bonds is 5. The number of likely N-dealkylation sites (N-methyl/N-ethyl adjacent to an activating group) is 1. The summed E-state index contributed by atoms with van der Waals surface area (Å²) >= 11 is 0. The summed E-state index contributed by atoms with van der Waals surface area (Å²) in [5.41, 5.74) is -2.08. The molecule has 0 unspecified atom stereocenters. The highest BCUT2D eigenvalue weighted by Crippen LogP contribution is 2.32. The van der Waals surface area contributed by atoms with Crippen molar-refractivity contribution in [1.29, 1.82) is 0 Å². The Morgan fingerprint density at radius 1 is 1.14 bits per heavy atom. The molecule has 3 heterocycles. The predicted octanol–water partition coefficient (Wildman–Crippen LogP) is 1.93. The maximum Gasteiger partial charge on any atom is 0.418 e. The van der Waals surface area contributed by atoms with Gasteiger partial charge in [-0.25, -0.2) is 0 Å². The first-order valence-electron chi connectivity index (χ1n) is 10.2. The third-order valence-electron chi connectivity index (χ3n) is 6.09. The van der Waals surface area contributed by atoms with E-state index in [1.807, 2.05) is 7.05 Å². The summed E-state index contributed by atoms with van der Waals surface area (Å²) in [7, 11) is 2.02. The van der Waals surface area contributed by atoms with Gasteiger partial charge >= 0.3 is 6.18 Å². The van der Waals surface area contributed by atoms with Gasteiger partial charge in [-0.15, -0.1) is 0 Å². The van der Waals surface area contributed by atoms with E-state index in [9.17, 15) is 18.0 Å². The van der Waals surface area contributed by atoms with Crippen LogP contribution in [0.15, 0.2) is 18.3 Å². The van der Waals surface area contributed by atoms with Gasteiger partial charge in [0.2, 0.25) is 0 Å². The lowest BCUT2D eigenvalue weighted by molar-refractivity contribution is -0.138. The molecule has 2 aliphatic rings. The monoisotopic (exact) mass is 413 g/mol. The molecule has 1 aromatic heterocycles. The third kappa shape index (κ3) is 5.46. The maximum atomic E-state index is 13.3. The Bertz CT molecular complexity index is 696. The standard InChI is InChI=1S/C20H30F3N5O/c1-3-27-11-13-28(14-12-27)15-19(6-9-26(2)10-7-19)25-18(29)17-16(20(21,22)23)5-4-8-24-17/h4-5,8H,3,6-7,9-15H2,1-2H3,(H,25,29). The van der Waals surface area contributed by atoms with Crippen LogP contribution in [0.2, 0.25) is 0 Å². The second kappa shape index (κ2) is 8.97. The maximum absolute atomic E-state index is 13.3. The lowest BCUT2D eigenvalue weighted by atomic mass is 9.86. The van der Waals surface area contributed by atoms with Gasteiger partial charge in [-0.05, 0) is 38.6 Å². The van der Waals surface area contributed by atoms with E-state index in [0.717, 1.165) is 51.9 Å². The van der Waals surface area contributed by atoms with E-state index in [4.69, 9.17) is 0 Å². The predicted molar refractivity (Wildman–Crippen MR) is 105 cm³/mol. The Balaban J connectivity index is 1.77. The van der Waals surface area contributed by atoms with Crippen molar-refractivity contribution in [3.63, 3.8) is 0 Å². The van der Waals surface area contributed by atoms with Crippen molar-refractivity contribution in [1.82, 2.24) is 25.0 Å². The Morgan fingerprint density at radius 3 is 2.34 bits per heavy atom. The molecule has 1 amide bonds. The zero-order valence-electron chi connectivity index (χ0n) is 17.1. The van der Waals surface area contributed by atoms with E-state index in [2.05, 4.69) is 31.9 Å². The summed E-state index contributed by atoms with van der Waals surface area (Å²) in [6.07, 6.45) is -1.97. The van der Waals surface area contributed by atoms with Gasteiger partial charge in [0.1, 0.15) is 5.69 Å². The summed E-state index contributed by atoms with van der Waals surface area (Å²) < 4.78 is 40.0. The Labute approximate surface area is 170 Å². The van der Waals surface area contributed by atoms with E-state index in [0.29, 0.717) is 19.4 Å². The summed E-state index contributed by atoms with van der Waals surface area (Å²) in [5.74, 6) is -0.741. The minimum atomic E-state index is -4.61. The summed E-state index contributed by atoms with van der Waals surface area (Å²) in [6, 6.07) is 2.12. The highest BCUT2D eigenvalue weighted by Gasteiger charge is 2.41. The molecule has 0 radical (unpaired) electrons. The number of amides is 1. The van der Waals surface area contributed by atoms with Gasteiger partial charge in [-0.3, -0.25) is 14.7 Å². The average molecular weight is 413 g/mol. The molecule has 0 atom stereocenters. The molecule has 2 fully saturated rings. The molecule has 0 saturated carbocycles. The van der Waals surface area contributed by atoms with Gasteiger partial charge in [0.25, 0.3) is 5.91 Å². The average Bonchev–Trinajstić information content (AvgIpc) is 2.70. The number of carbonyl (C=O) groups excluding carboxylic acids is 1. The van der Waals surface area contributed by atoms with Crippen LogP contribution in [-0.4, -0.2) is 90.5 Å². The SMILES string of the molecule is CCN1CCN(CC2(NC(=O)c3ncccc3C(F)(F)F)CCN(C)CC2)CC1. The third-order valence-corrected chi connectivity index (χ3v) is 6.09. The van der Waals surface area contributed by atoms with Gasteiger partial charge in [0, 0.05) is 52.0 Å². The number of aromatic nitrogens is 1. The van der Waals surface area contributed by atoms with Crippen LogP contribution in [0.25, 0.3) is 0 Å². The van der Waals surface area contributed by atoms with Crippen molar-refractivity contribution in [2.24, 2.45) is 0 Å². The molecule has 0 aromatic carbocycles. The minimum absolute atomic E-state index is 0.543. The number of alkyl halides is 3. The van der Waals surface area contributed by atoms with Crippen LogP contribution in [-0.2, 0) is 6.18 Å². The number of nitrogens with one attached hydrogen (secondary N) is 1. The van der Waals surface area contributed by atoms with Crippen molar-refractivity contribution >= 4 is 5.91 Å². The van der Waals surface area contributed by atoms with Gasteiger partial charge in [0.05, 0.1) is 11.1 Å². The van der Waals surface area contributed by atoms with Crippen molar-refractivity contribution in [2.45, 2.75) is 31.5 Å². The first-order valence-corrected chi connectivity index (χ1v) is 10.2.